The summed E-state index contributed by atoms with van der Waals surface area (Å²) in [4.78, 5) is 0. The molecule has 0 fully saturated rings. The van der Waals surface area contributed by atoms with Crippen LogP contribution in [0.1, 0.15) is 6.92 Å². The standard InChI is InChI=1S/C13H21NO3/c1-4-16-12-7-5-6-8-13(12)17-11(9-14-2)10-15-3/h5-8,11,14H,4,9-10H2,1-3H3. The van der Waals surface area contributed by atoms with Gasteiger partial charge in [0.2, 0.25) is 0 Å². The molecule has 1 rings (SSSR count). The lowest BCUT2D eigenvalue weighted by molar-refractivity contribution is 0.0793. The summed E-state index contributed by atoms with van der Waals surface area (Å²) in [5.74, 6) is 1.53. The number of para-hydroxylation sites is 2. The zero-order valence-corrected chi connectivity index (χ0v) is 10.7. The third kappa shape index (κ3) is 4.63. The maximum atomic E-state index is 5.87. The molecule has 17 heavy (non-hydrogen) atoms. The van der Waals surface area contributed by atoms with Gasteiger partial charge in [0, 0.05) is 13.7 Å². The summed E-state index contributed by atoms with van der Waals surface area (Å²) in [5.41, 5.74) is 0. The molecule has 96 valence electrons. The van der Waals surface area contributed by atoms with E-state index in [0.29, 0.717) is 13.2 Å². The number of hydrogen-bond donors (Lipinski definition) is 1. The lowest BCUT2D eigenvalue weighted by Gasteiger charge is -2.19. The quantitative estimate of drug-likeness (QED) is 0.749. The Morgan fingerprint density at radius 1 is 1.24 bits per heavy atom. The van der Waals surface area contributed by atoms with E-state index in [1.807, 2.05) is 38.2 Å². The van der Waals surface area contributed by atoms with Crippen molar-refractivity contribution in [3.05, 3.63) is 24.3 Å². The Morgan fingerprint density at radius 2 is 1.94 bits per heavy atom. The van der Waals surface area contributed by atoms with Gasteiger partial charge >= 0.3 is 0 Å². The molecule has 0 heterocycles. The van der Waals surface area contributed by atoms with Gasteiger partial charge < -0.3 is 19.5 Å². The smallest absolute Gasteiger partial charge is 0.161 e. The van der Waals surface area contributed by atoms with E-state index < -0.39 is 0 Å². The van der Waals surface area contributed by atoms with Crippen LogP contribution in [0.5, 0.6) is 11.5 Å². The van der Waals surface area contributed by atoms with E-state index in [9.17, 15) is 0 Å². The van der Waals surface area contributed by atoms with Crippen LogP contribution in [-0.2, 0) is 4.74 Å². The van der Waals surface area contributed by atoms with E-state index in [4.69, 9.17) is 14.2 Å². The fourth-order valence-corrected chi connectivity index (χ4v) is 1.55. The Hall–Kier alpha value is -1.26. The predicted molar refractivity (Wildman–Crippen MR) is 67.8 cm³/mol. The van der Waals surface area contributed by atoms with Crippen molar-refractivity contribution < 1.29 is 14.2 Å². The monoisotopic (exact) mass is 239 g/mol. The largest absolute Gasteiger partial charge is 0.490 e. The number of nitrogens with one attached hydrogen (secondary N) is 1. The number of methoxy groups -OCH3 is 1. The van der Waals surface area contributed by atoms with Gasteiger partial charge in [-0.25, -0.2) is 0 Å². The molecule has 0 aromatic heterocycles. The van der Waals surface area contributed by atoms with Gasteiger partial charge in [-0.2, -0.15) is 0 Å². The molecule has 1 aromatic rings. The molecule has 1 aromatic carbocycles. The van der Waals surface area contributed by atoms with E-state index in [1.54, 1.807) is 7.11 Å². The summed E-state index contributed by atoms with van der Waals surface area (Å²) in [6, 6.07) is 7.67. The zero-order valence-electron chi connectivity index (χ0n) is 10.7. The Kier molecular flexibility index (Phi) is 6.43. The molecule has 0 amide bonds. The highest BCUT2D eigenvalue weighted by molar-refractivity contribution is 5.39. The van der Waals surface area contributed by atoms with E-state index in [1.165, 1.54) is 0 Å². The first-order valence-electron chi connectivity index (χ1n) is 5.83. The third-order valence-corrected chi connectivity index (χ3v) is 2.23. The molecule has 0 aliphatic carbocycles. The Balaban J connectivity index is 2.69. The highest BCUT2D eigenvalue weighted by atomic mass is 16.5. The van der Waals surface area contributed by atoms with Gasteiger partial charge in [0.25, 0.3) is 0 Å². The van der Waals surface area contributed by atoms with Gasteiger partial charge in [-0.3, -0.25) is 0 Å². The minimum Gasteiger partial charge on any atom is -0.490 e. The molecule has 1 unspecified atom stereocenters. The minimum absolute atomic E-state index is 0.0217. The first-order chi connectivity index (χ1) is 8.31. The second-order valence-electron chi connectivity index (χ2n) is 3.63. The first-order valence-corrected chi connectivity index (χ1v) is 5.83. The Bertz CT molecular complexity index is 311. The number of ether oxygens (including phenoxy) is 3. The highest BCUT2D eigenvalue weighted by Crippen LogP contribution is 2.27. The number of hydrogen-bond acceptors (Lipinski definition) is 4. The number of likely N-dealkylation sites (N-methyl/N-ethyl adjacent to an activating group) is 1. The van der Waals surface area contributed by atoms with E-state index >= 15 is 0 Å². The molecule has 0 saturated heterocycles. The summed E-state index contributed by atoms with van der Waals surface area (Å²) >= 11 is 0. The Morgan fingerprint density at radius 3 is 2.53 bits per heavy atom. The normalized spacial score (nSPS) is 12.2. The molecule has 0 aliphatic heterocycles. The third-order valence-electron chi connectivity index (χ3n) is 2.23. The number of rotatable bonds is 8. The van der Waals surface area contributed by atoms with Crippen molar-refractivity contribution in [2.75, 3.05) is 33.9 Å². The lowest BCUT2D eigenvalue weighted by atomic mass is 10.3. The lowest BCUT2D eigenvalue weighted by Crippen LogP contribution is -2.33. The summed E-state index contributed by atoms with van der Waals surface area (Å²) in [6.45, 7) is 3.86. The molecule has 0 aliphatic rings. The van der Waals surface area contributed by atoms with Crippen LogP contribution in [0.15, 0.2) is 24.3 Å². The molecule has 0 bridgehead atoms. The van der Waals surface area contributed by atoms with Gasteiger partial charge in [0.1, 0.15) is 6.10 Å². The number of benzene rings is 1. The average Bonchev–Trinajstić information content (AvgIpc) is 2.33. The summed E-state index contributed by atoms with van der Waals surface area (Å²) < 4.78 is 16.5. The molecule has 4 nitrogen and oxygen atoms in total. The van der Waals surface area contributed by atoms with Crippen molar-refractivity contribution >= 4 is 0 Å². The van der Waals surface area contributed by atoms with E-state index in [2.05, 4.69) is 5.32 Å². The van der Waals surface area contributed by atoms with Crippen LogP contribution in [-0.4, -0.2) is 40.0 Å². The second-order valence-corrected chi connectivity index (χ2v) is 3.63. The highest BCUT2D eigenvalue weighted by Gasteiger charge is 2.12. The second kappa shape index (κ2) is 7.92. The van der Waals surface area contributed by atoms with E-state index in [-0.39, 0.29) is 6.10 Å². The molecule has 0 spiro atoms. The van der Waals surface area contributed by atoms with Crippen molar-refractivity contribution in [3.63, 3.8) is 0 Å². The average molecular weight is 239 g/mol. The molecule has 0 radical (unpaired) electrons. The van der Waals surface area contributed by atoms with Crippen molar-refractivity contribution in [2.45, 2.75) is 13.0 Å². The maximum absolute atomic E-state index is 5.87. The Labute approximate surface area is 103 Å². The summed E-state index contributed by atoms with van der Waals surface area (Å²) in [7, 11) is 3.56. The van der Waals surface area contributed by atoms with Crippen LogP contribution in [0.25, 0.3) is 0 Å². The van der Waals surface area contributed by atoms with Gasteiger partial charge in [-0.05, 0) is 26.1 Å². The van der Waals surface area contributed by atoms with Crippen molar-refractivity contribution in [2.24, 2.45) is 0 Å². The summed E-state index contributed by atoms with van der Waals surface area (Å²) in [6.07, 6.45) is -0.0217. The van der Waals surface area contributed by atoms with Crippen LogP contribution >= 0.6 is 0 Å². The molecular formula is C13H21NO3. The van der Waals surface area contributed by atoms with Gasteiger partial charge in [-0.1, -0.05) is 12.1 Å². The zero-order chi connectivity index (χ0) is 12.5. The van der Waals surface area contributed by atoms with Crippen LogP contribution in [0, 0.1) is 0 Å². The van der Waals surface area contributed by atoms with Gasteiger partial charge in [0.15, 0.2) is 11.5 Å². The first kappa shape index (κ1) is 13.8. The van der Waals surface area contributed by atoms with Gasteiger partial charge in [-0.15, -0.1) is 0 Å². The molecule has 1 N–H and O–H groups in total. The molecule has 1 atom stereocenters. The van der Waals surface area contributed by atoms with Crippen LogP contribution < -0.4 is 14.8 Å². The van der Waals surface area contributed by atoms with Crippen molar-refractivity contribution in [1.29, 1.82) is 0 Å². The van der Waals surface area contributed by atoms with Crippen molar-refractivity contribution in [3.8, 4) is 11.5 Å². The van der Waals surface area contributed by atoms with Crippen LogP contribution in [0.4, 0.5) is 0 Å². The predicted octanol–water partition coefficient (Wildman–Crippen LogP) is 1.70. The summed E-state index contributed by atoms with van der Waals surface area (Å²) in [5, 5.41) is 3.08. The molecular weight excluding hydrogens is 218 g/mol. The molecule has 0 saturated carbocycles. The van der Waals surface area contributed by atoms with Crippen LogP contribution in [0.2, 0.25) is 0 Å². The van der Waals surface area contributed by atoms with Crippen LogP contribution in [0.3, 0.4) is 0 Å². The van der Waals surface area contributed by atoms with Gasteiger partial charge in [0.05, 0.1) is 13.2 Å². The fourth-order valence-electron chi connectivity index (χ4n) is 1.55. The van der Waals surface area contributed by atoms with Crippen molar-refractivity contribution in [1.82, 2.24) is 5.32 Å². The SMILES string of the molecule is CCOc1ccccc1OC(CNC)COC. The fraction of sp³-hybridized carbons (Fsp3) is 0.538. The molecule has 4 heteroatoms. The topological polar surface area (TPSA) is 39.7 Å². The maximum Gasteiger partial charge on any atom is 0.161 e. The van der Waals surface area contributed by atoms with E-state index in [0.717, 1.165) is 18.0 Å². The minimum atomic E-state index is -0.0217.